The van der Waals surface area contributed by atoms with Gasteiger partial charge in [-0.3, -0.25) is 0 Å². The number of rotatable bonds is 4. The van der Waals surface area contributed by atoms with Gasteiger partial charge in [-0.15, -0.1) is 0 Å². The van der Waals surface area contributed by atoms with E-state index in [9.17, 15) is 5.11 Å². The van der Waals surface area contributed by atoms with Crippen molar-refractivity contribution in [2.45, 2.75) is 38.8 Å². The third kappa shape index (κ3) is 2.79. The van der Waals surface area contributed by atoms with Crippen LogP contribution < -0.4 is 5.32 Å². The first kappa shape index (κ1) is 10.6. The highest BCUT2D eigenvalue weighted by atomic mass is 16.3. The molecule has 0 spiro atoms. The van der Waals surface area contributed by atoms with Gasteiger partial charge in [0.1, 0.15) is 5.82 Å². The molecule has 0 bridgehead atoms. The maximum Gasteiger partial charge on any atom is 0.103 e. The Balaban J connectivity index is 1.70. The van der Waals surface area contributed by atoms with E-state index in [2.05, 4.69) is 15.3 Å². The molecule has 1 aromatic heterocycles. The summed E-state index contributed by atoms with van der Waals surface area (Å²) in [5, 5.41) is 13.0. The molecule has 1 heterocycles. The predicted molar refractivity (Wildman–Crippen MR) is 58.4 cm³/mol. The molecule has 1 aliphatic rings. The van der Waals surface area contributed by atoms with Crippen LogP contribution in [0.2, 0.25) is 0 Å². The first-order valence-electron chi connectivity index (χ1n) is 5.65. The lowest BCUT2D eigenvalue weighted by atomic mass is 10.1. The summed E-state index contributed by atoms with van der Waals surface area (Å²) in [4.78, 5) is 7.31. The van der Waals surface area contributed by atoms with E-state index in [1.807, 2.05) is 13.1 Å². The molecule has 2 unspecified atom stereocenters. The second kappa shape index (κ2) is 4.77. The van der Waals surface area contributed by atoms with E-state index in [1.165, 1.54) is 0 Å². The topological polar surface area (TPSA) is 60.9 Å². The monoisotopic (exact) mass is 209 g/mol. The summed E-state index contributed by atoms with van der Waals surface area (Å²) in [5.74, 6) is 1.39. The van der Waals surface area contributed by atoms with Crippen LogP contribution in [0.25, 0.3) is 0 Å². The molecule has 2 atom stereocenters. The molecule has 1 saturated carbocycles. The molecular weight excluding hydrogens is 190 g/mol. The Labute approximate surface area is 90.1 Å². The van der Waals surface area contributed by atoms with Crippen molar-refractivity contribution in [3.05, 3.63) is 17.7 Å². The van der Waals surface area contributed by atoms with Gasteiger partial charge in [-0.25, -0.2) is 4.98 Å². The molecule has 1 aliphatic carbocycles. The van der Waals surface area contributed by atoms with Crippen LogP contribution in [0, 0.1) is 12.8 Å². The number of hydrogen-bond donors (Lipinski definition) is 3. The van der Waals surface area contributed by atoms with Gasteiger partial charge in [0.05, 0.1) is 6.10 Å². The van der Waals surface area contributed by atoms with Crippen molar-refractivity contribution in [1.29, 1.82) is 0 Å². The minimum atomic E-state index is -0.0963. The third-order valence-electron chi connectivity index (χ3n) is 3.10. The molecule has 0 aliphatic heterocycles. The summed E-state index contributed by atoms with van der Waals surface area (Å²) in [6.45, 7) is 3.66. The fourth-order valence-electron chi connectivity index (χ4n) is 2.21. The number of imidazole rings is 1. The van der Waals surface area contributed by atoms with E-state index in [4.69, 9.17) is 0 Å². The standard InChI is InChI=1S/C11H19N3O/c1-8-13-7-10(14-8)6-12-5-9-3-2-4-11(9)15/h7,9,11-12,15H,2-6H2,1H3,(H,13,14). The Kier molecular flexibility index (Phi) is 3.38. The summed E-state index contributed by atoms with van der Waals surface area (Å²) < 4.78 is 0. The summed E-state index contributed by atoms with van der Waals surface area (Å²) in [7, 11) is 0. The molecule has 1 aromatic rings. The molecule has 15 heavy (non-hydrogen) atoms. The Morgan fingerprint density at radius 1 is 1.60 bits per heavy atom. The molecule has 0 radical (unpaired) electrons. The van der Waals surface area contributed by atoms with Crippen molar-refractivity contribution in [1.82, 2.24) is 15.3 Å². The van der Waals surface area contributed by atoms with Crippen molar-refractivity contribution in [2.24, 2.45) is 5.92 Å². The minimum Gasteiger partial charge on any atom is -0.393 e. The third-order valence-corrected chi connectivity index (χ3v) is 3.10. The van der Waals surface area contributed by atoms with Crippen LogP contribution in [0.4, 0.5) is 0 Å². The zero-order valence-electron chi connectivity index (χ0n) is 9.16. The first-order valence-corrected chi connectivity index (χ1v) is 5.65. The fraction of sp³-hybridized carbons (Fsp3) is 0.727. The summed E-state index contributed by atoms with van der Waals surface area (Å²) in [6, 6.07) is 0. The zero-order chi connectivity index (χ0) is 10.7. The van der Waals surface area contributed by atoms with Crippen molar-refractivity contribution >= 4 is 0 Å². The Bertz CT molecular complexity index is 311. The van der Waals surface area contributed by atoms with Gasteiger partial charge in [0.25, 0.3) is 0 Å². The lowest BCUT2D eigenvalue weighted by Gasteiger charge is -2.14. The Hall–Kier alpha value is -0.870. The fourth-order valence-corrected chi connectivity index (χ4v) is 2.21. The average molecular weight is 209 g/mol. The van der Waals surface area contributed by atoms with Crippen LogP contribution in [0.15, 0.2) is 6.20 Å². The average Bonchev–Trinajstić information content (AvgIpc) is 2.77. The molecular formula is C11H19N3O. The zero-order valence-corrected chi connectivity index (χ0v) is 9.16. The van der Waals surface area contributed by atoms with Crippen LogP contribution in [-0.2, 0) is 6.54 Å². The number of aromatic amines is 1. The SMILES string of the molecule is Cc1ncc(CNCC2CCCC2O)[nH]1. The molecule has 4 heteroatoms. The Morgan fingerprint density at radius 2 is 2.47 bits per heavy atom. The van der Waals surface area contributed by atoms with Crippen molar-refractivity contribution < 1.29 is 5.11 Å². The molecule has 0 saturated heterocycles. The minimum absolute atomic E-state index is 0.0963. The van der Waals surface area contributed by atoms with Gasteiger partial charge in [-0.2, -0.15) is 0 Å². The van der Waals surface area contributed by atoms with Crippen LogP contribution in [0.1, 0.15) is 30.8 Å². The second-order valence-electron chi connectivity index (χ2n) is 4.38. The van der Waals surface area contributed by atoms with Crippen molar-refractivity contribution in [3.8, 4) is 0 Å². The molecule has 0 amide bonds. The number of nitrogens with zero attached hydrogens (tertiary/aromatic N) is 1. The smallest absolute Gasteiger partial charge is 0.103 e. The van der Waals surface area contributed by atoms with Gasteiger partial charge in [0.15, 0.2) is 0 Å². The maximum atomic E-state index is 9.63. The van der Waals surface area contributed by atoms with Crippen molar-refractivity contribution in [3.63, 3.8) is 0 Å². The van der Waals surface area contributed by atoms with Crippen LogP contribution in [0.3, 0.4) is 0 Å². The van der Waals surface area contributed by atoms with Gasteiger partial charge in [0, 0.05) is 25.0 Å². The van der Waals surface area contributed by atoms with Crippen LogP contribution in [0.5, 0.6) is 0 Å². The molecule has 84 valence electrons. The van der Waals surface area contributed by atoms with Crippen LogP contribution >= 0.6 is 0 Å². The Morgan fingerprint density at radius 3 is 3.07 bits per heavy atom. The number of aromatic nitrogens is 2. The number of H-pyrrole nitrogens is 1. The second-order valence-corrected chi connectivity index (χ2v) is 4.38. The van der Waals surface area contributed by atoms with E-state index in [0.29, 0.717) is 5.92 Å². The number of hydrogen-bond acceptors (Lipinski definition) is 3. The largest absolute Gasteiger partial charge is 0.393 e. The van der Waals surface area contributed by atoms with Crippen molar-refractivity contribution in [2.75, 3.05) is 6.54 Å². The van der Waals surface area contributed by atoms with Crippen LogP contribution in [-0.4, -0.2) is 27.7 Å². The summed E-state index contributed by atoms with van der Waals surface area (Å²) in [6.07, 6.45) is 5.04. The highest BCUT2D eigenvalue weighted by Gasteiger charge is 2.24. The number of aryl methyl sites for hydroxylation is 1. The molecule has 0 aromatic carbocycles. The summed E-state index contributed by atoms with van der Waals surface area (Å²) in [5.41, 5.74) is 1.11. The van der Waals surface area contributed by atoms with Gasteiger partial charge in [-0.05, 0) is 25.7 Å². The van der Waals surface area contributed by atoms with Gasteiger partial charge in [-0.1, -0.05) is 6.42 Å². The molecule has 3 N–H and O–H groups in total. The molecule has 2 rings (SSSR count). The van der Waals surface area contributed by atoms with E-state index >= 15 is 0 Å². The number of aliphatic hydroxyl groups is 1. The highest BCUT2D eigenvalue weighted by molar-refractivity contribution is 4.99. The van der Waals surface area contributed by atoms with E-state index in [1.54, 1.807) is 0 Å². The van der Waals surface area contributed by atoms with Gasteiger partial charge >= 0.3 is 0 Å². The first-order chi connectivity index (χ1) is 7.25. The van der Waals surface area contributed by atoms with E-state index < -0.39 is 0 Å². The van der Waals surface area contributed by atoms with Gasteiger partial charge in [0.2, 0.25) is 0 Å². The predicted octanol–water partition coefficient (Wildman–Crippen LogP) is 0.969. The summed E-state index contributed by atoms with van der Waals surface area (Å²) >= 11 is 0. The maximum absolute atomic E-state index is 9.63. The van der Waals surface area contributed by atoms with Gasteiger partial charge < -0.3 is 15.4 Å². The normalized spacial score (nSPS) is 26.0. The molecule has 4 nitrogen and oxygen atoms in total. The quantitative estimate of drug-likeness (QED) is 0.692. The molecule has 1 fully saturated rings. The van der Waals surface area contributed by atoms with E-state index in [0.717, 1.165) is 43.9 Å². The lowest BCUT2D eigenvalue weighted by Crippen LogP contribution is -2.27. The van der Waals surface area contributed by atoms with E-state index in [-0.39, 0.29) is 6.10 Å². The highest BCUT2D eigenvalue weighted by Crippen LogP contribution is 2.24. The lowest BCUT2D eigenvalue weighted by molar-refractivity contribution is 0.131. The number of aliphatic hydroxyl groups excluding tert-OH is 1. The number of nitrogens with one attached hydrogen (secondary N) is 2.